The summed E-state index contributed by atoms with van der Waals surface area (Å²) in [6.07, 6.45) is 2.71. The van der Waals surface area contributed by atoms with Gasteiger partial charge in [-0.1, -0.05) is 94.8 Å². The summed E-state index contributed by atoms with van der Waals surface area (Å²) in [6, 6.07) is 25.3. The number of benzene rings is 3. The van der Waals surface area contributed by atoms with E-state index in [1.807, 2.05) is 4.90 Å². The molecule has 0 radical (unpaired) electrons. The molecule has 1 fully saturated rings. The molecule has 0 saturated carbocycles. The van der Waals surface area contributed by atoms with Gasteiger partial charge in [0.2, 0.25) is 0 Å². The zero-order valence-corrected chi connectivity index (χ0v) is 20.4. The first-order chi connectivity index (χ1) is 16.7. The van der Waals surface area contributed by atoms with Crippen molar-refractivity contribution in [2.45, 2.75) is 29.8 Å². The average Bonchev–Trinajstić information content (AvgIpc) is 3.20. The fraction of sp³-hybridized carbons (Fsp3) is 0.276. The fourth-order valence-corrected chi connectivity index (χ4v) is 5.97. The van der Waals surface area contributed by atoms with Crippen molar-refractivity contribution in [1.29, 1.82) is 0 Å². The van der Waals surface area contributed by atoms with Crippen LogP contribution in [0.1, 0.15) is 34.6 Å². The van der Waals surface area contributed by atoms with E-state index < -0.39 is 0 Å². The fourth-order valence-electron chi connectivity index (χ4n) is 5.62. The Morgan fingerprint density at radius 3 is 2.41 bits per heavy atom. The Morgan fingerprint density at radius 1 is 0.971 bits per heavy atom. The molecule has 0 spiro atoms. The van der Waals surface area contributed by atoms with Crippen LogP contribution < -0.4 is 0 Å². The Bertz CT molecular complexity index is 1220. The summed E-state index contributed by atoms with van der Waals surface area (Å²) >= 11 is 3.55. The van der Waals surface area contributed by atoms with Crippen molar-refractivity contribution in [2.75, 3.05) is 19.8 Å². The first kappa shape index (κ1) is 21.6. The van der Waals surface area contributed by atoms with Gasteiger partial charge >= 0.3 is 6.09 Å². The number of hydrogen-bond acceptors (Lipinski definition) is 3. The van der Waals surface area contributed by atoms with Crippen LogP contribution in [0.25, 0.3) is 16.7 Å². The van der Waals surface area contributed by atoms with E-state index in [1.165, 1.54) is 39.0 Å². The predicted molar refractivity (Wildman–Crippen MR) is 137 cm³/mol. The lowest BCUT2D eigenvalue weighted by Gasteiger charge is -2.44. The summed E-state index contributed by atoms with van der Waals surface area (Å²) in [5, 5.41) is 0.829. The van der Waals surface area contributed by atoms with Gasteiger partial charge < -0.3 is 9.47 Å². The first-order valence-corrected chi connectivity index (χ1v) is 12.9. The minimum atomic E-state index is -0.246. The normalized spacial score (nSPS) is 21.0. The van der Waals surface area contributed by atoms with Gasteiger partial charge in [0.25, 0.3) is 0 Å². The lowest BCUT2D eigenvalue weighted by Crippen LogP contribution is -2.56. The van der Waals surface area contributed by atoms with Crippen LogP contribution in [-0.4, -0.2) is 42.9 Å². The standard InChI is InChI=1S/C29H26BrNO3/c30-15-19-6-5-7-20(12-19)21-13-22-16-33-17-23(14-21)31(22)29(32)34-18-28-26-10-3-1-8-24(26)25-9-2-4-11-27(25)28/h1-13,22-23,28H,14-18H2. The molecule has 3 aromatic rings. The van der Waals surface area contributed by atoms with Crippen LogP contribution in [0.15, 0.2) is 78.9 Å². The van der Waals surface area contributed by atoms with Crippen molar-refractivity contribution >= 4 is 27.6 Å². The summed E-state index contributed by atoms with van der Waals surface area (Å²) in [7, 11) is 0. The van der Waals surface area contributed by atoms with E-state index in [4.69, 9.17) is 9.47 Å². The van der Waals surface area contributed by atoms with Gasteiger partial charge in [0.15, 0.2) is 0 Å². The highest BCUT2D eigenvalue weighted by atomic mass is 79.9. The van der Waals surface area contributed by atoms with Crippen LogP contribution in [-0.2, 0) is 14.8 Å². The van der Waals surface area contributed by atoms with E-state index in [9.17, 15) is 4.79 Å². The number of fused-ring (bicyclic) bond motifs is 5. The molecule has 2 unspecified atom stereocenters. The molecular weight excluding hydrogens is 490 g/mol. The highest BCUT2D eigenvalue weighted by Gasteiger charge is 2.40. The number of carbonyl (C=O) groups is 1. The first-order valence-electron chi connectivity index (χ1n) is 11.8. The smallest absolute Gasteiger partial charge is 0.410 e. The predicted octanol–water partition coefficient (Wildman–Crippen LogP) is 6.39. The van der Waals surface area contributed by atoms with Crippen LogP contribution >= 0.6 is 15.9 Å². The maximum absolute atomic E-state index is 13.3. The second-order valence-corrected chi connectivity index (χ2v) is 9.76. The van der Waals surface area contributed by atoms with Gasteiger partial charge in [-0.05, 0) is 45.4 Å². The molecule has 34 heavy (non-hydrogen) atoms. The van der Waals surface area contributed by atoms with Gasteiger partial charge in [-0.2, -0.15) is 0 Å². The largest absolute Gasteiger partial charge is 0.448 e. The number of hydrogen-bond donors (Lipinski definition) is 0. The SMILES string of the molecule is O=C(OCC1c2ccccc2-c2ccccc21)N1C2C=C(c3cccc(CBr)c3)CC1COC2. The number of amides is 1. The summed E-state index contributed by atoms with van der Waals surface area (Å²) in [5.74, 6) is 0.0651. The third kappa shape index (κ3) is 3.77. The molecule has 4 nitrogen and oxygen atoms in total. The zero-order valence-electron chi connectivity index (χ0n) is 18.8. The molecule has 2 heterocycles. The molecule has 0 N–H and O–H groups in total. The van der Waals surface area contributed by atoms with Crippen molar-refractivity contribution in [3.63, 3.8) is 0 Å². The summed E-state index contributed by atoms with van der Waals surface area (Å²) < 4.78 is 11.8. The Labute approximate surface area is 208 Å². The Morgan fingerprint density at radius 2 is 1.71 bits per heavy atom. The molecule has 3 aromatic carbocycles. The maximum atomic E-state index is 13.3. The van der Waals surface area contributed by atoms with E-state index in [0.29, 0.717) is 19.8 Å². The highest BCUT2D eigenvalue weighted by Crippen LogP contribution is 2.44. The Balaban J connectivity index is 1.22. The van der Waals surface area contributed by atoms with Crippen molar-refractivity contribution < 1.29 is 14.3 Å². The lowest BCUT2D eigenvalue weighted by molar-refractivity contribution is -0.0331. The van der Waals surface area contributed by atoms with Crippen LogP contribution in [0.3, 0.4) is 0 Å². The summed E-state index contributed by atoms with van der Waals surface area (Å²) in [5.41, 5.74) is 8.69. The number of rotatable bonds is 4. The van der Waals surface area contributed by atoms with Gasteiger partial charge in [-0.25, -0.2) is 4.79 Å². The molecule has 2 aliphatic heterocycles. The van der Waals surface area contributed by atoms with Crippen molar-refractivity contribution in [3.05, 3.63) is 101 Å². The van der Waals surface area contributed by atoms with Gasteiger partial charge in [-0.3, -0.25) is 4.90 Å². The Kier molecular flexibility index (Phi) is 5.75. The van der Waals surface area contributed by atoms with Crippen molar-refractivity contribution in [3.8, 4) is 11.1 Å². The molecule has 172 valence electrons. The molecule has 5 heteroatoms. The summed E-state index contributed by atoms with van der Waals surface area (Å²) in [4.78, 5) is 15.2. The molecule has 2 atom stereocenters. The van der Waals surface area contributed by atoms with E-state index in [2.05, 4.69) is 94.8 Å². The minimum absolute atomic E-state index is 0.0120. The van der Waals surface area contributed by atoms with Crippen molar-refractivity contribution in [1.82, 2.24) is 4.90 Å². The van der Waals surface area contributed by atoms with Crippen molar-refractivity contribution in [2.24, 2.45) is 0 Å². The monoisotopic (exact) mass is 515 g/mol. The van der Waals surface area contributed by atoms with Crippen LogP contribution in [0.4, 0.5) is 4.79 Å². The average molecular weight is 516 g/mol. The number of carbonyl (C=O) groups excluding carboxylic acids is 1. The van der Waals surface area contributed by atoms with Gasteiger partial charge in [0, 0.05) is 11.2 Å². The topological polar surface area (TPSA) is 38.8 Å². The maximum Gasteiger partial charge on any atom is 0.410 e. The molecular formula is C29H26BrNO3. The second kappa shape index (κ2) is 9.05. The molecule has 1 amide bonds. The number of alkyl halides is 1. The van der Waals surface area contributed by atoms with Gasteiger partial charge in [0.05, 0.1) is 25.3 Å². The molecule has 0 aromatic heterocycles. The third-order valence-electron chi connectivity index (χ3n) is 7.20. The lowest BCUT2D eigenvalue weighted by atomic mass is 9.89. The van der Waals surface area contributed by atoms with E-state index >= 15 is 0 Å². The van der Waals surface area contributed by atoms with E-state index in [0.717, 1.165) is 11.8 Å². The number of nitrogens with zero attached hydrogens (tertiary/aromatic N) is 1. The zero-order chi connectivity index (χ0) is 23.1. The molecule has 6 rings (SSSR count). The van der Waals surface area contributed by atoms with E-state index in [-0.39, 0.29) is 24.1 Å². The molecule has 2 bridgehead atoms. The van der Waals surface area contributed by atoms with Crippen LogP contribution in [0, 0.1) is 0 Å². The third-order valence-corrected chi connectivity index (χ3v) is 7.85. The van der Waals surface area contributed by atoms with Gasteiger partial charge in [0.1, 0.15) is 6.61 Å². The van der Waals surface area contributed by atoms with Gasteiger partial charge in [-0.15, -0.1) is 0 Å². The Hall–Kier alpha value is -2.89. The molecule has 1 saturated heterocycles. The number of halogens is 1. The highest BCUT2D eigenvalue weighted by molar-refractivity contribution is 9.08. The summed E-state index contributed by atoms with van der Waals surface area (Å²) in [6.45, 7) is 1.38. The minimum Gasteiger partial charge on any atom is -0.448 e. The number of morpholine rings is 1. The van der Waals surface area contributed by atoms with E-state index in [1.54, 1.807) is 0 Å². The number of ether oxygens (including phenoxy) is 2. The molecule has 3 aliphatic rings. The van der Waals surface area contributed by atoms with Crippen LogP contribution in [0.2, 0.25) is 0 Å². The second-order valence-electron chi connectivity index (χ2n) is 9.20. The molecule has 1 aliphatic carbocycles. The van der Waals surface area contributed by atoms with Crippen LogP contribution in [0.5, 0.6) is 0 Å². The quantitative estimate of drug-likeness (QED) is 0.378.